The lowest BCUT2D eigenvalue weighted by molar-refractivity contribution is -0.00605. The molecule has 3 rings (SSSR count). The van der Waals surface area contributed by atoms with Crippen LogP contribution in [0.25, 0.3) is 0 Å². The molecule has 34 heavy (non-hydrogen) atoms. The van der Waals surface area contributed by atoms with Crippen molar-refractivity contribution >= 4 is 53.8 Å². The Balaban J connectivity index is 2.05. The van der Waals surface area contributed by atoms with Crippen LogP contribution >= 0.6 is 47.8 Å². The van der Waals surface area contributed by atoms with Crippen molar-refractivity contribution in [3.05, 3.63) is 41.5 Å². The Hall–Kier alpha value is -0.370. The van der Waals surface area contributed by atoms with Gasteiger partial charge in [0.25, 0.3) is 0 Å². The summed E-state index contributed by atoms with van der Waals surface area (Å²) in [5.41, 5.74) is 1.58. The van der Waals surface area contributed by atoms with Crippen molar-refractivity contribution in [3.63, 3.8) is 0 Å². The summed E-state index contributed by atoms with van der Waals surface area (Å²) in [6, 6.07) is 4.99. The molecule has 1 aliphatic carbocycles. The van der Waals surface area contributed by atoms with Crippen LogP contribution in [0.1, 0.15) is 69.3 Å². The maximum atomic E-state index is 13.1. The second-order valence-electron chi connectivity index (χ2n) is 10.8. The standard InChI is InChI=1S/C27H37Br3O4/c1-14-6-8-20(28)24-15(2)10-21(29)25(32)16(3)11-23(30)27(4,5)34-26(33)17-7-9-22(31)18(12-17)13-19(14)24/h7,9,12,15-16,19-21,23-25,31-32H,1,6,8,10-11,13H2,2-5H3/t15-,16?,19+,20+,21-,23-,24?,25+/m1/s1. The lowest BCUT2D eigenvalue weighted by atomic mass is 9.67. The van der Waals surface area contributed by atoms with Crippen molar-refractivity contribution < 1.29 is 19.7 Å². The normalized spacial score (nSPS) is 37.5. The minimum absolute atomic E-state index is 0.00370. The highest BCUT2D eigenvalue weighted by molar-refractivity contribution is 9.10. The fraction of sp³-hybridized carbons (Fsp3) is 0.667. The van der Waals surface area contributed by atoms with Gasteiger partial charge in [-0.15, -0.1) is 0 Å². The number of phenols is 1. The number of esters is 1. The van der Waals surface area contributed by atoms with Crippen LogP contribution in [0, 0.1) is 23.7 Å². The van der Waals surface area contributed by atoms with E-state index in [0.29, 0.717) is 35.1 Å². The van der Waals surface area contributed by atoms with Gasteiger partial charge in [0.2, 0.25) is 0 Å². The fourth-order valence-corrected chi connectivity index (χ4v) is 8.40. The second kappa shape index (κ2) is 11.4. The molecular weight excluding hydrogens is 628 g/mol. The minimum atomic E-state index is -0.777. The number of carbonyl (C=O) groups is 1. The molecule has 2 bridgehead atoms. The van der Waals surface area contributed by atoms with Gasteiger partial charge in [-0.1, -0.05) is 73.8 Å². The van der Waals surface area contributed by atoms with E-state index in [1.165, 1.54) is 5.57 Å². The average molecular weight is 665 g/mol. The molecule has 0 amide bonds. The van der Waals surface area contributed by atoms with Gasteiger partial charge in [0.15, 0.2) is 0 Å². The van der Waals surface area contributed by atoms with Crippen molar-refractivity contribution in [2.75, 3.05) is 0 Å². The van der Waals surface area contributed by atoms with Crippen LogP contribution in [0.4, 0.5) is 0 Å². The first-order valence-electron chi connectivity index (χ1n) is 12.1. The third kappa shape index (κ3) is 6.30. The summed E-state index contributed by atoms with van der Waals surface area (Å²) < 4.78 is 5.92. The number of aromatic hydroxyl groups is 1. The Kier molecular flexibility index (Phi) is 9.42. The first-order chi connectivity index (χ1) is 15.8. The number of ether oxygens (including phenoxy) is 1. The van der Waals surface area contributed by atoms with Crippen molar-refractivity contribution in [3.8, 4) is 5.75 Å². The predicted octanol–water partition coefficient (Wildman–Crippen LogP) is 7.17. The molecule has 0 aromatic heterocycles. The highest BCUT2D eigenvalue weighted by Gasteiger charge is 2.41. The number of phenolic OH excluding ortho intramolecular Hbond substituents is 1. The zero-order valence-corrected chi connectivity index (χ0v) is 25.2. The van der Waals surface area contributed by atoms with Crippen LogP contribution in [0.2, 0.25) is 0 Å². The van der Waals surface area contributed by atoms with E-state index in [1.54, 1.807) is 18.2 Å². The second-order valence-corrected chi connectivity index (χ2v) is 14.3. The monoisotopic (exact) mass is 662 g/mol. The molecule has 0 saturated heterocycles. The molecule has 0 spiro atoms. The zero-order chi connectivity index (χ0) is 25.4. The van der Waals surface area contributed by atoms with E-state index in [1.807, 2.05) is 20.8 Å². The first-order valence-corrected chi connectivity index (χ1v) is 14.9. The highest BCUT2D eigenvalue weighted by Crippen LogP contribution is 2.46. The molecule has 2 unspecified atom stereocenters. The Morgan fingerprint density at radius 2 is 1.76 bits per heavy atom. The summed E-state index contributed by atoms with van der Waals surface area (Å²) in [4.78, 5) is 13.2. The number of aliphatic hydroxyl groups excluding tert-OH is 1. The summed E-state index contributed by atoms with van der Waals surface area (Å²) in [7, 11) is 0. The summed E-state index contributed by atoms with van der Waals surface area (Å²) in [6.45, 7) is 12.5. The zero-order valence-electron chi connectivity index (χ0n) is 20.4. The van der Waals surface area contributed by atoms with Crippen molar-refractivity contribution in [1.29, 1.82) is 0 Å². The largest absolute Gasteiger partial charge is 0.508 e. The molecule has 1 aliphatic heterocycles. The van der Waals surface area contributed by atoms with E-state index in [-0.39, 0.29) is 27.2 Å². The van der Waals surface area contributed by atoms with Gasteiger partial charge < -0.3 is 14.9 Å². The average Bonchev–Trinajstić information content (AvgIpc) is 2.75. The number of hydrogen-bond donors (Lipinski definition) is 2. The van der Waals surface area contributed by atoms with Gasteiger partial charge in [-0.25, -0.2) is 4.79 Å². The number of halogens is 3. The Morgan fingerprint density at radius 1 is 1.09 bits per heavy atom. The summed E-state index contributed by atoms with van der Waals surface area (Å²) >= 11 is 11.5. The first kappa shape index (κ1) is 28.2. The molecule has 2 N–H and O–H groups in total. The number of hydrogen-bond acceptors (Lipinski definition) is 4. The minimum Gasteiger partial charge on any atom is -0.508 e. The van der Waals surface area contributed by atoms with Crippen molar-refractivity contribution in [2.24, 2.45) is 23.7 Å². The Labute approximate surface area is 229 Å². The summed E-state index contributed by atoms with van der Waals surface area (Å²) in [6.07, 6.45) is 3.53. The maximum Gasteiger partial charge on any atom is 0.338 e. The Morgan fingerprint density at radius 3 is 2.44 bits per heavy atom. The number of carbonyl (C=O) groups excluding carboxylic acids is 1. The number of aliphatic hydroxyl groups is 1. The van der Waals surface area contributed by atoms with E-state index in [9.17, 15) is 15.0 Å². The molecular formula is C27H37Br3O4. The lowest BCUT2D eigenvalue weighted by Crippen LogP contribution is -2.42. The molecule has 1 aromatic rings. The lowest BCUT2D eigenvalue weighted by Gasteiger charge is -2.42. The van der Waals surface area contributed by atoms with Gasteiger partial charge >= 0.3 is 5.97 Å². The van der Waals surface area contributed by atoms with Crippen LogP contribution in [-0.4, -0.2) is 42.4 Å². The van der Waals surface area contributed by atoms with Crippen molar-refractivity contribution in [1.82, 2.24) is 0 Å². The molecule has 0 radical (unpaired) electrons. The molecule has 1 aromatic carbocycles. The molecule has 1 fully saturated rings. The van der Waals surface area contributed by atoms with Gasteiger partial charge in [-0.3, -0.25) is 0 Å². The van der Waals surface area contributed by atoms with Crippen LogP contribution in [0.3, 0.4) is 0 Å². The van der Waals surface area contributed by atoms with Crippen LogP contribution < -0.4 is 0 Å². The number of cyclic esters (lactones) is 1. The number of alkyl halides is 3. The van der Waals surface area contributed by atoms with Crippen LogP contribution in [-0.2, 0) is 11.2 Å². The molecule has 2 aliphatic rings. The Bertz CT molecular complexity index is 902. The molecule has 8 atom stereocenters. The van der Waals surface area contributed by atoms with E-state index < -0.39 is 17.7 Å². The predicted molar refractivity (Wildman–Crippen MR) is 148 cm³/mol. The van der Waals surface area contributed by atoms with Gasteiger partial charge in [-0.05, 0) is 93.4 Å². The number of allylic oxidation sites excluding steroid dienone is 1. The van der Waals surface area contributed by atoms with Crippen LogP contribution in [0.15, 0.2) is 30.4 Å². The molecule has 1 heterocycles. The molecule has 1 saturated carbocycles. The number of rotatable bonds is 0. The quantitative estimate of drug-likeness (QED) is 0.175. The van der Waals surface area contributed by atoms with Gasteiger partial charge in [0.05, 0.1) is 16.5 Å². The molecule has 4 nitrogen and oxygen atoms in total. The molecule has 7 heteroatoms. The van der Waals surface area contributed by atoms with Crippen LogP contribution in [0.5, 0.6) is 5.75 Å². The van der Waals surface area contributed by atoms with Gasteiger partial charge in [0.1, 0.15) is 11.4 Å². The van der Waals surface area contributed by atoms with E-state index in [0.717, 1.165) is 24.8 Å². The third-order valence-electron chi connectivity index (χ3n) is 7.80. The van der Waals surface area contributed by atoms with E-state index in [2.05, 4.69) is 61.3 Å². The van der Waals surface area contributed by atoms with Gasteiger partial charge in [0, 0.05) is 9.65 Å². The van der Waals surface area contributed by atoms with Gasteiger partial charge in [-0.2, -0.15) is 0 Å². The highest BCUT2D eigenvalue weighted by atomic mass is 79.9. The SMILES string of the molecule is C=C1CC[C@H](Br)C2[C@H](C)C[C@@H](Br)[C@@H](O)C(C)C[C@@H](Br)C(C)(C)OC(=O)c3ccc(O)c(c3)C[C@@H]12. The maximum absolute atomic E-state index is 13.1. The third-order valence-corrected chi connectivity index (χ3v) is 11.3. The smallest absolute Gasteiger partial charge is 0.338 e. The molecule has 190 valence electrons. The van der Waals surface area contributed by atoms with E-state index >= 15 is 0 Å². The number of benzene rings is 1. The van der Waals surface area contributed by atoms with E-state index in [4.69, 9.17) is 4.74 Å². The van der Waals surface area contributed by atoms with Crippen molar-refractivity contribution in [2.45, 2.75) is 86.0 Å². The fourth-order valence-electron chi connectivity index (χ4n) is 5.49. The number of fused-ring (bicyclic) bond motifs is 3. The summed E-state index contributed by atoms with van der Waals surface area (Å²) in [5.74, 6) is 0.556. The topological polar surface area (TPSA) is 66.8 Å². The summed E-state index contributed by atoms with van der Waals surface area (Å²) in [5, 5.41) is 21.8.